The molecule has 148 valence electrons. The molecule has 0 aliphatic carbocycles. The van der Waals surface area contributed by atoms with Gasteiger partial charge in [-0.05, 0) is 54.3 Å². The molecule has 0 radical (unpaired) electrons. The summed E-state index contributed by atoms with van der Waals surface area (Å²) in [7, 11) is 0. The summed E-state index contributed by atoms with van der Waals surface area (Å²) in [6.45, 7) is 4.10. The average molecular weight is 471 g/mol. The zero-order valence-corrected chi connectivity index (χ0v) is 18.4. The second-order valence-electron chi connectivity index (χ2n) is 7.00. The van der Waals surface area contributed by atoms with Gasteiger partial charge in [-0.25, -0.2) is 0 Å². The Morgan fingerprint density at radius 1 is 1.14 bits per heavy atom. The average Bonchev–Trinajstić information content (AvgIpc) is 3.06. The zero-order valence-electron chi connectivity index (χ0n) is 16.0. The smallest absolute Gasteiger partial charge is 0.304 e. The van der Waals surface area contributed by atoms with Crippen LogP contribution in [0.25, 0.3) is 0 Å². The van der Waals surface area contributed by atoms with Crippen molar-refractivity contribution in [1.82, 2.24) is 14.9 Å². The molecule has 1 unspecified atom stereocenters. The molecule has 1 aliphatic heterocycles. The van der Waals surface area contributed by atoms with Crippen LogP contribution in [-0.4, -0.2) is 36.9 Å². The van der Waals surface area contributed by atoms with E-state index in [9.17, 15) is 9.90 Å². The summed E-state index contributed by atoms with van der Waals surface area (Å²) in [6, 6.07) is 14.1. The summed E-state index contributed by atoms with van der Waals surface area (Å²) in [5.74, 6) is -0.132. The topological polar surface area (TPSA) is 80.4 Å². The molecule has 2 heterocycles. The SMILES string of the molecule is Cc1ccc(C2=Nn3c(Cc4ccc(Br)cc4)nnc3SC2CC(=O)O)cc1C. The van der Waals surface area contributed by atoms with Crippen LogP contribution in [0, 0.1) is 13.8 Å². The predicted molar refractivity (Wildman–Crippen MR) is 117 cm³/mol. The third-order valence-corrected chi connectivity index (χ3v) is 6.54. The number of nitrogens with zero attached hydrogens (tertiary/aromatic N) is 4. The Morgan fingerprint density at radius 2 is 1.90 bits per heavy atom. The third-order valence-electron chi connectivity index (χ3n) is 4.88. The molecule has 0 saturated carbocycles. The van der Waals surface area contributed by atoms with Crippen LogP contribution in [0.2, 0.25) is 0 Å². The van der Waals surface area contributed by atoms with E-state index in [1.165, 1.54) is 17.3 Å². The summed E-state index contributed by atoms with van der Waals surface area (Å²) in [5, 5.41) is 23.1. The summed E-state index contributed by atoms with van der Waals surface area (Å²) in [5.41, 5.74) is 5.11. The molecule has 4 rings (SSSR count). The Morgan fingerprint density at radius 3 is 2.59 bits per heavy atom. The first-order chi connectivity index (χ1) is 13.9. The van der Waals surface area contributed by atoms with Gasteiger partial charge in [0, 0.05) is 10.9 Å². The number of carbonyl (C=O) groups is 1. The fraction of sp³-hybridized carbons (Fsp3) is 0.238. The number of benzene rings is 2. The first-order valence-electron chi connectivity index (χ1n) is 9.14. The van der Waals surface area contributed by atoms with Crippen molar-refractivity contribution < 1.29 is 9.90 Å². The lowest BCUT2D eigenvalue weighted by atomic mass is 10.0. The molecule has 1 atom stereocenters. The lowest BCUT2D eigenvalue weighted by molar-refractivity contribution is -0.136. The molecule has 8 heteroatoms. The number of thioether (sulfide) groups is 1. The van der Waals surface area contributed by atoms with Crippen LogP contribution in [0.5, 0.6) is 0 Å². The van der Waals surface area contributed by atoms with Gasteiger partial charge in [0.15, 0.2) is 5.82 Å². The summed E-state index contributed by atoms with van der Waals surface area (Å²) >= 11 is 4.85. The minimum Gasteiger partial charge on any atom is -0.481 e. The molecule has 0 fully saturated rings. The van der Waals surface area contributed by atoms with Gasteiger partial charge in [-0.15, -0.1) is 10.2 Å². The third kappa shape index (κ3) is 4.28. The molecule has 6 nitrogen and oxygen atoms in total. The van der Waals surface area contributed by atoms with Crippen molar-refractivity contribution in [2.75, 3.05) is 0 Å². The fourth-order valence-corrected chi connectivity index (χ4v) is 4.53. The summed E-state index contributed by atoms with van der Waals surface area (Å²) < 4.78 is 2.77. The number of hydrogen-bond donors (Lipinski definition) is 1. The molecule has 1 aromatic heterocycles. The Hall–Kier alpha value is -2.45. The number of rotatable bonds is 5. The van der Waals surface area contributed by atoms with Crippen molar-refractivity contribution in [3.63, 3.8) is 0 Å². The first kappa shape index (κ1) is 19.8. The van der Waals surface area contributed by atoms with Gasteiger partial charge in [0.25, 0.3) is 0 Å². The monoisotopic (exact) mass is 470 g/mol. The van der Waals surface area contributed by atoms with E-state index < -0.39 is 5.97 Å². The van der Waals surface area contributed by atoms with Gasteiger partial charge in [0.05, 0.1) is 17.4 Å². The maximum absolute atomic E-state index is 11.4. The van der Waals surface area contributed by atoms with E-state index in [1.807, 2.05) is 43.3 Å². The van der Waals surface area contributed by atoms with Gasteiger partial charge >= 0.3 is 5.97 Å². The van der Waals surface area contributed by atoms with Gasteiger partial charge in [0.1, 0.15) is 0 Å². The summed E-state index contributed by atoms with van der Waals surface area (Å²) in [4.78, 5) is 11.4. The van der Waals surface area contributed by atoms with Crippen molar-refractivity contribution in [1.29, 1.82) is 0 Å². The zero-order chi connectivity index (χ0) is 20.5. The van der Waals surface area contributed by atoms with Crippen LogP contribution < -0.4 is 0 Å². The van der Waals surface area contributed by atoms with Crippen molar-refractivity contribution in [3.05, 3.63) is 75.0 Å². The molecule has 0 spiro atoms. The fourth-order valence-electron chi connectivity index (χ4n) is 3.16. The van der Waals surface area contributed by atoms with Crippen LogP contribution in [0.4, 0.5) is 0 Å². The number of carboxylic acids is 1. The second kappa shape index (κ2) is 8.12. The Bertz CT molecular complexity index is 1110. The van der Waals surface area contributed by atoms with E-state index in [-0.39, 0.29) is 11.7 Å². The largest absolute Gasteiger partial charge is 0.481 e. The van der Waals surface area contributed by atoms with Crippen molar-refractivity contribution >= 4 is 39.4 Å². The van der Waals surface area contributed by atoms with Crippen molar-refractivity contribution in [2.24, 2.45) is 5.10 Å². The Labute approximate surface area is 181 Å². The van der Waals surface area contributed by atoms with Crippen LogP contribution in [0.3, 0.4) is 0 Å². The van der Waals surface area contributed by atoms with Crippen LogP contribution in [-0.2, 0) is 11.2 Å². The van der Waals surface area contributed by atoms with Gasteiger partial charge in [-0.2, -0.15) is 9.78 Å². The highest BCUT2D eigenvalue weighted by Gasteiger charge is 2.30. The molecule has 0 saturated heterocycles. The number of halogens is 1. The number of aromatic nitrogens is 3. The normalized spacial score (nSPS) is 15.7. The van der Waals surface area contributed by atoms with E-state index in [2.05, 4.69) is 39.1 Å². The second-order valence-corrected chi connectivity index (χ2v) is 9.09. The van der Waals surface area contributed by atoms with E-state index in [0.29, 0.717) is 11.6 Å². The highest BCUT2D eigenvalue weighted by Crippen LogP contribution is 2.33. The maximum atomic E-state index is 11.4. The molecule has 1 N–H and O–H groups in total. The van der Waals surface area contributed by atoms with Gasteiger partial charge in [0.2, 0.25) is 5.16 Å². The van der Waals surface area contributed by atoms with E-state index in [0.717, 1.165) is 32.7 Å². The minimum absolute atomic E-state index is 0.0225. The molecule has 1 aliphatic rings. The van der Waals surface area contributed by atoms with Crippen LogP contribution in [0.15, 0.2) is 57.2 Å². The lowest BCUT2D eigenvalue weighted by Crippen LogP contribution is -2.27. The molecular formula is C21H19BrN4O2S. The van der Waals surface area contributed by atoms with Crippen molar-refractivity contribution in [2.45, 2.75) is 37.1 Å². The molecule has 2 aromatic carbocycles. The van der Waals surface area contributed by atoms with Gasteiger partial charge < -0.3 is 5.11 Å². The van der Waals surface area contributed by atoms with Crippen molar-refractivity contribution in [3.8, 4) is 0 Å². The standard InChI is InChI=1S/C21H19BrN4O2S/c1-12-3-6-15(9-13(12)2)20-17(11-19(27)28)29-21-24-23-18(26(21)25-20)10-14-4-7-16(22)8-5-14/h3-9,17H,10-11H2,1-2H3,(H,27,28). The van der Waals surface area contributed by atoms with Gasteiger partial charge in [-0.1, -0.05) is 52.0 Å². The van der Waals surface area contributed by atoms with Gasteiger partial charge in [-0.3, -0.25) is 4.79 Å². The molecule has 0 bridgehead atoms. The molecular weight excluding hydrogens is 452 g/mol. The number of fused-ring (bicyclic) bond motifs is 1. The maximum Gasteiger partial charge on any atom is 0.304 e. The first-order valence-corrected chi connectivity index (χ1v) is 10.8. The highest BCUT2D eigenvalue weighted by atomic mass is 79.9. The minimum atomic E-state index is -0.859. The quantitative estimate of drug-likeness (QED) is 0.595. The Balaban J connectivity index is 1.74. The molecule has 29 heavy (non-hydrogen) atoms. The molecule has 0 amide bonds. The van der Waals surface area contributed by atoms with E-state index in [4.69, 9.17) is 5.10 Å². The lowest BCUT2D eigenvalue weighted by Gasteiger charge is -2.22. The van der Waals surface area contributed by atoms with Crippen LogP contribution >= 0.6 is 27.7 Å². The summed E-state index contributed by atoms with van der Waals surface area (Å²) in [6.07, 6.45) is 0.569. The number of carboxylic acid groups (broad SMARTS) is 1. The number of aliphatic carboxylic acids is 1. The van der Waals surface area contributed by atoms with E-state index in [1.54, 1.807) is 4.68 Å². The molecule has 3 aromatic rings. The highest BCUT2D eigenvalue weighted by molar-refractivity contribution is 9.10. The predicted octanol–water partition coefficient (Wildman–Crippen LogP) is 4.45. The Kier molecular flexibility index (Phi) is 5.56. The van der Waals surface area contributed by atoms with Crippen LogP contribution in [0.1, 0.15) is 34.5 Å². The van der Waals surface area contributed by atoms with E-state index >= 15 is 0 Å². The number of aryl methyl sites for hydroxylation is 2. The number of hydrogen-bond acceptors (Lipinski definition) is 5.